The fourth-order valence-corrected chi connectivity index (χ4v) is 1.92. The van der Waals surface area contributed by atoms with E-state index in [0.717, 1.165) is 30.0 Å². The third-order valence-corrected chi connectivity index (χ3v) is 3.00. The first kappa shape index (κ1) is 13.1. The molecule has 4 heteroatoms. The molecule has 0 spiro atoms. The van der Waals surface area contributed by atoms with Crippen molar-refractivity contribution in [3.63, 3.8) is 0 Å². The van der Waals surface area contributed by atoms with Crippen molar-refractivity contribution in [3.05, 3.63) is 59.9 Å². The van der Waals surface area contributed by atoms with Crippen molar-refractivity contribution in [2.24, 2.45) is 5.73 Å². The molecule has 1 aromatic heterocycles. The van der Waals surface area contributed by atoms with Gasteiger partial charge in [-0.15, -0.1) is 0 Å². The van der Waals surface area contributed by atoms with Crippen LogP contribution in [-0.4, -0.2) is 17.4 Å². The number of amidine groups is 1. The third-order valence-electron chi connectivity index (χ3n) is 3.00. The van der Waals surface area contributed by atoms with E-state index in [1.165, 1.54) is 0 Å². The van der Waals surface area contributed by atoms with Crippen LogP contribution in [0.4, 0.5) is 5.69 Å². The summed E-state index contributed by atoms with van der Waals surface area (Å²) >= 11 is 0. The molecule has 0 amide bonds. The van der Waals surface area contributed by atoms with Crippen molar-refractivity contribution in [2.75, 3.05) is 11.4 Å². The first-order valence-electron chi connectivity index (χ1n) is 6.30. The molecular formula is C15H18N4. The largest absolute Gasteiger partial charge is 0.384 e. The number of nitrogen functional groups attached to an aromatic ring is 1. The fraction of sp³-hybridized carbons (Fsp3) is 0.200. The highest BCUT2D eigenvalue weighted by Crippen LogP contribution is 2.17. The van der Waals surface area contributed by atoms with Gasteiger partial charge in [0.25, 0.3) is 0 Å². The SMILES string of the molecule is CCN(Cc1ccccn1)c1ccc(C(=N)N)cc1. The standard InChI is InChI=1S/C15H18N4/c1-2-19(11-13-5-3-4-10-18-13)14-8-6-12(7-9-14)15(16)17/h3-10H,2,11H2,1H3,(H3,16,17). The number of nitrogens with one attached hydrogen (secondary N) is 1. The molecule has 0 aliphatic carbocycles. The van der Waals surface area contributed by atoms with Gasteiger partial charge in [0.2, 0.25) is 0 Å². The van der Waals surface area contributed by atoms with E-state index >= 15 is 0 Å². The van der Waals surface area contributed by atoms with Gasteiger partial charge in [-0.3, -0.25) is 10.4 Å². The summed E-state index contributed by atoms with van der Waals surface area (Å²) in [5.74, 6) is 0.0966. The van der Waals surface area contributed by atoms with Gasteiger partial charge in [0.1, 0.15) is 5.84 Å². The molecule has 0 aliphatic heterocycles. The molecule has 0 atom stereocenters. The molecule has 0 aliphatic rings. The minimum atomic E-state index is 0.0966. The maximum atomic E-state index is 7.39. The summed E-state index contributed by atoms with van der Waals surface area (Å²) in [5.41, 5.74) is 8.35. The quantitative estimate of drug-likeness (QED) is 0.636. The average Bonchev–Trinajstić information content (AvgIpc) is 2.46. The van der Waals surface area contributed by atoms with Crippen LogP contribution >= 0.6 is 0 Å². The van der Waals surface area contributed by atoms with E-state index in [2.05, 4.69) is 16.8 Å². The van der Waals surface area contributed by atoms with Gasteiger partial charge in [-0.05, 0) is 43.3 Å². The van der Waals surface area contributed by atoms with E-state index in [1.54, 1.807) is 0 Å². The molecule has 1 aromatic carbocycles. The molecular weight excluding hydrogens is 236 g/mol. The summed E-state index contributed by atoms with van der Waals surface area (Å²) < 4.78 is 0. The number of nitrogens with zero attached hydrogens (tertiary/aromatic N) is 2. The summed E-state index contributed by atoms with van der Waals surface area (Å²) in [6.45, 7) is 3.79. The van der Waals surface area contributed by atoms with E-state index in [4.69, 9.17) is 11.1 Å². The molecule has 2 aromatic rings. The van der Waals surface area contributed by atoms with Gasteiger partial charge in [0, 0.05) is 24.0 Å². The van der Waals surface area contributed by atoms with Crippen LogP contribution in [0.15, 0.2) is 48.7 Å². The summed E-state index contributed by atoms with van der Waals surface area (Å²) in [6, 6.07) is 13.7. The van der Waals surface area contributed by atoms with E-state index in [0.29, 0.717) is 0 Å². The number of hydrogen-bond donors (Lipinski definition) is 2. The van der Waals surface area contributed by atoms with Crippen molar-refractivity contribution in [1.29, 1.82) is 5.41 Å². The van der Waals surface area contributed by atoms with Gasteiger partial charge in [-0.2, -0.15) is 0 Å². The highest BCUT2D eigenvalue weighted by Gasteiger charge is 2.06. The van der Waals surface area contributed by atoms with Crippen LogP contribution in [0.2, 0.25) is 0 Å². The van der Waals surface area contributed by atoms with Crippen LogP contribution in [0.5, 0.6) is 0 Å². The predicted molar refractivity (Wildman–Crippen MR) is 78.4 cm³/mol. The minimum absolute atomic E-state index is 0.0966. The zero-order valence-electron chi connectivity index (χ0n) is 11.0. The van der Waals surface area contributed by atoms with Crippen molar-refractivity contribution in [1.82, 2.24) is 4.98 Å². The molecule has 0 unspecified atom stereocenters. The van der Waals surface area contributed by atoms with Gasteiger partial charge in [-0.25, -0.2) is 0 Å². The second-order valence-corrected chi connectivity index (χ2v) is 4.30. The van der Waals surface area contributed by atoms with Crippen LogP contribution < -0.4 is 10.6 Å². The number of nitrogens with two attached hydrogens (primary N) is 1. The van der Waals surface area contributed by atoms with Gasteiger partial charge in [0.15, 0.2) is 0 Å². The van der Waals surface area contributed by atoms with Gasteiger partial charge >= 0.3 is 0 Å². The number of aromatic nitrogens is 1. The molecule has 0 radical (unpaired) electrons. The first-order valence-corrected chi connectivity index (χ1v) is 6.30. The number of hydrogen-bond acceptors (Lipinski definition) is 3. The Morgan fingerprint density at radius 3 is 2.47 bits per heavy atom. The minimum Gasteiger partial charge on any atom is -0.384 e. The van der Waals surface area contributed by atoms with Gasteiger partial charge < -0.3 is 10.6 Å². The predicted octanol–water partition coefficient (Wildman–Crippen LogP) is 2.39. The fourth-order valence-electron chi connectivity index (χ4n) is 1.92. The molecule has 2 rings (SSSR count). The molecule has 4 nitrogen and oxygen atoms in total. The topological polar surface area (TPSA) is 66.0 Å². The highest BCUT2D eigenvalue weighted by molar-refractivity contribution is 5.95. The molecule has 3 N–H and O–H groups in total. The first-order chi connectivity index (χ1) is 9.20. The number of anilines is 1. The highest BCUT2D eigenvalue weighted by atomic mass is 15.1. The van der Waals surface area contributed by atoms with Gasteiger partial charge in [-0.1, -0.05) is 6.07 Å². The molecule has 0 bridgehead atoms. The molecule has 1 heterocycles. The van der Waals surface area contributed by atoms with Crippen molar-refractivity contribution in [3.8, 4) is 0 Å². The maximum Gasteiger partial charge on any atom is 0.122 e. The summed E-state index contributed by atoms with van der Waals surface area (Å²) in [7, 11) is 0. The Morgan fingerprint density at radius 2 is 1.95 bits per heavy atom. The Bertz CT molecular complexity index is 534. The second kappa shape index (κ2) is 6.00. The lowest BCUT2D eigenvalue weighted by molar-refractivity contribution is 0.810. The van der Waals surface area contributed by atoms with Crippen molar-refractivity contribution < 1.29 is 0 Å². The Kier molecular flexibility index (Phi) is 4.13. The lowest BCUT2D eigenvalue weighted by Crippen LogP contribution is -2.22. The third kappa shape index (κ3) is 3.31. The van der Waals surface area contributed by atoms with Crippen LogP contribution in [0, 0.1) is 5.41 Å². The molecule has 0 saturated heterocycles. The Labute approximate surface area is 113 Å². The van der Waals surface area contributed by atoms with Crippen LogP contribution in [0.3, 0.4) is 0 Å². The van der Waals surface area contributed by atoms with Crippen molar-refractivity contribution in [2.45, 2.75) is 13.5 Å². The zero-order chi connectivity index (χ0) is 13.7. The maximum absolute atomic E-state index is 7.39. The zero-order valence-corrected chi connectivity index (χ0v) is 11.0. The van der Waals surface area contributed by atoms with Crippen molar-refractivity contribution >= 4 is 11.5 Å². The van der Waals surface area contributed by atoms with E-state index in [9.17, 15) is 0 Å². The molecule has 0 saturated carbocycles. The number of pyridine rings is 1. The van der Waals surface area contributed by atoms with E-state index in [1.807, 2.05) is 48.7 Å². The van der Waals surface area contributed by atoms with E-state index < -0.39 is 0 Å². The Balaban J connectivity index is 2.15. The summed E-state index contributed by atoms with van der Waals surface area (Å²) in [6.07, 6.45) is 1.81. The van der Waals surface area contributed by atoms with Gasteiger partial charge in [0.05, 0.1) is 12.2 Å². The number of benzene rings is 1. The Hall–Kier alpha value is -2.36. The average molecular weight is 254 g/mol. The normalized spacial score (nSPS) is 10.2. The molecule has 0 fully saturated rings. The summed E-state index contributed by atoms with van der Waals surface area (Å²) in [4.78, 5) is 6.57. The summed E-state index contributed by atoms with van der Waals surface area (Å²) in [5, 5.41) is 7.39. The molecule has 19 heavy (non-hydrogen) atoms. The van der Waals surface area contributed by atoms with E-state index in [-0.39, 0.29) is 5.84 Å². The second-order valence-electron chi connectivity index (χ2n) is 4.30. The lowest BCUT2D eigenvalue weighted by Gasteiger charge is -2.22. The van der Waals surface area contributed by atoms with Crippen LogP contribution in [0.25, 0.3) is 0 Å². The Morgan fingerprint density at radius 1 is 1.21 bits per heavy atom. The van der Waals surface area contributed by atoms with Crippen LogP contribution in [0.1, 0.15) is 18.2 Å². The number of rotatable bonds is 5. The molecule has 98 valence electrons. The smallest absolute Gasteiger partial charge is 0.122 e. The van der Waals surface area contributed by atoms with Crippen LogP contribution in [-0.2, 0) is 6.54 Å². The lowest BCUT2D eigenvalue weighted by atomic mass is 10.1. The monoisotopic (exact) mass is 254 g/mol.